The van der Waals surface area contributed by atoms with Crippen LogP contribution in [-0.2, 0) is 24.0 Å². The van der Waals surface area contributed by atoms with Crippen molar-refractivity contribution in [3.8, 4) is 0 Å². The van der Waals surface area contributed by atoms with Crippen molar-refractivity contribution in [3.05, 3.63) is 0 Å². The van der Waals surface area contributed by atoms with Crippen molar-refractivity contribution < 1.29 is 24.0 Å². The van der Waals surface area contributed by atoms with Crippen molar-refractivity contribution in [1.82, 2.24) is 21.3 Å². The minimum absolute atomic E-state index is 0.107. The Morgan fingerprint density at radius 3 is 1.40 bits per heavy atom. The number of rotatable bonds is 22. The molecule has 5 amide bonds. The lowest BCUT2D eigenvalue weighted by Gasteiger charge is -2.28. The average molecular weight is 599 g/mol. The molecule has 0 spiro atoms. The predicted molar refractivity (Wildman–Crippen MR) is 164 cm³/mol. The van der Waals surface area contributed by atoms with Crippen molar-refractivity contribution in [1.29, 1.82) is 0 Å². The first-order valence-electron chi connectivity index (χ1n) is 15.3. The highest BCUT2D eigenvalue weighted by Crippen LogP contribution is 2.11. The van der Waals surface area contributed by atoms with Gasteiger partial charge in [0.2, 0.25) is 29.5 Å². The first kappa shape index (κ1) is 39.2. The van der Waals surface area contributed by atoms with Crippen molar-refractivity contribution in [3.63, 3.8) is 0 Å². The van der Waals surface area contributed by atoms with E-state index in [4.69, 9.17) is 22.9 Å². The van der Waals surface area contributed by atoms with Crippen LogP contribution in [0.25, 0.3) is 0 Å². The van der Waals surface area contributed by atoms with Crippen LogP contribution < -0.4 is 44.2 Å². The Bertz CT molecular complexity index is 852. The Morgan fingerprint density at radius 2 is 1.00 bits per heavy atom. The normalized spacial score (nSPS) is 15.0. The van der Waals surface area contributed by atoms with Gasteiger partial charge >= 0.3 is 0 Å². The Labute approximate surface area is 251 Å². The zero-order valence-corrected chi connectivity index (χ0v) is 26.5. The number of nitrogens with one attached hydrogen (secondary N) is 4. The molecule has 0 fully saturated rings. The Hall–Kier alpha value is -2.77. The van der Waals surface area contributed by atoms with E-state index in [1.807, 2.05) is 27.7 Å². The summed E-state index contributed by atoms with van der Waals surface area (Å²) in [7, 11) is 0. The minimum Gasteiger partial charge on any atom is -0.368 e. The Morgan fingerprint density at radius 1 is 0.571 bits per heavy atom. The van der Waals surface area contributed by atoms with Crippen LogP contribution in [0.4, 0.5) is 0 Å². The van der Waals surface area contributed by atoms with Crippen LogP contribution in [0.2, 0.25) is 0 Å². The van der Waals surface area contributed by atoms with Gasteiger partial charge < -0.3 is 44.2 Å². The van der Waals surface area contributed by atoms with E-state index in [1.165, 1.54) is 0 Å². The van der Waals surface area contributed by atoms with Gasteiger partial charge in [0.25, 0.3) is 0 Å². The number of hydrogen-bond donors (Lipinski definition) is 8. The zero-order valence-electron chi connectivity index (χ0n) is 26.5. The summed E-state index contributed by atoms with van der Waals surface area (Å²) in [4.78, 5) is 64.7. The van der Waals surface area contributed by atoms with Crippen LogP contribution in [0.15, 0.2) is 0 Å². The number of unbranched alkanes of at least 4 members (excludes halogenated alkanes) is 2. The molecular weight excluding hydrogens is 540 g/mol. The number of nitrogens with two attached hydrogens (primary N) is 4. The number of carbonyl (C=O) groups is 5. The standard InChI is InChI=1S/C29H58N8O5/c1-17(2)15-20(32)26(39)34-21(11-7-9-13-30)27(40)35-22(12-8-10-14-31)28(41)37-24(19(5)6)29(42)36-23(25(33)38)16-18(3)4/h17-24H,7-16,30-32H2,1-6H3,(H2,33,38)(H,34,39)(H,35,40)(H,36,42)(H,37,41)/t20-,21-,22-,23-,24-/m1/s1. The van der Waals surface area contributed by atoms with Gasteiger partial charge in [-0.1, -0.05) is 41.5 Å². The van der Waals surface area contributed by atoms with Gasteiger partial charge in [0.15, 0.2) is 0 Å². The summed E-state index contributed by atoms with van der Waals surface area (Å²) >= 11 is 0. The maximum Gasteiger partial charge on any atom is 0.243 e. The summed E-state index contributed by atoms with van der Waals surface area (Å²) < 4.78 is 0. The lowest BCUT2D eigenvalue weighted by molar-refractivity contribution is -0.135. The molecule has 0 bridgehead atoms. The van der Waals surface area contributed by atoms with Crippen molar-refractivity contribution >= 4 is 29.5 Å². The highest BCUT2D eigenvalue weighted by atomic mass is 16.2. The van der Waals surface area contributed by atoms with Gasteiger partial charge in [-0.05, 0) is 82.2 Å². The smallest absolute Gasteiger partial charge is 0.243 e. The molecule has 0 saturated heterocycles. The minimum atomic E-state index is -0.987. The number of hydrogen-bond acceptors (Lipinski definition) is 8. The van der Waals surface area contributed by atoms with Crippen molar-refractivity contribution in [2.24, 2.45) is 40.7 Å². The van der Waals surface area contributed by atoms with Crippen LogP contribution in [-0.4, -0.2) is 72.8 Å². The lowest BCUT2D eigenvalue weighted by Crippen LogP contribution is -2.59. The first-order chi connectivity index (χ1) is 19.6. The summed E-state index contributed by atoms with van der Waals surface area (Å²) in [5.74, 6) is -2.75. The van der Waals surface area contributed by atoms with E-state index in [2.05, 4.69) is 21.3 Å². The van der Waals surface area contributed by atoms with Gasteiger partial charge in [-0.15, -0.1) is 0 Å². The molecule has 0 aliphatic heterocycles. The molecule has 0 heterocycles. The predicted octanol–water partition coefficient (Wildman–Crippen LogP) is -0.256. The highest BCUT2D eigenvalue weighted by Gasteiger charge is 2.32. The van der Waals surface area contributed by atoms with E-state index >= 15 is 0 Å². The fraction of sp³-hybridized carbons (Fsp3) is 0.828. The molecule has 42 heavy (non-hydrogen) atoms. The highest BCUT2D eigenvalue weighted by molar-refractivity contribution is 5.95. The van der Waals surface area contributed by atoms with Crippen molar-refractivity contribution in [2.45, 2.75) is 123 Å². The summed E-state index contributed by atoms with van der Waals surface area (Å²) in [5.41, 5.74) is 22.8. The Balaban J connectivity index is 5.83. The molecule has 0 saturated carbocycles. The Kier molecular flexibility index (Phi) is 19.6. The molecule has 0 unspecified atom stereocenters. The van der Waals surface area contributed by atoms with Gasteiger partial charge in [-0.3, -0.25) is 24.0 Å². The fourth-order valence-corrected chi connectivity index (χ4v) is 4.46. The first-order valence-corrected chi connectivity index (χ1v) is 15.3. The second-order valence-electron chi connectivity index (χ2n) is 12.3. The third kappa shape index (κ3) is 16.0. The molecule has 0 aromatic carbocycles. The van der Waals surface area contributed by atoms with E-state index < -0.39 is 59.7 Å². The van der Waals surface area contributed by atoms with Gasteiger partial charge in [-0.2, -0.15) is 0 Å². The average Bonchev–Trinajstić information content (AvgIpc) is 2.88. The molecule has 0 aliphatic carbocycles. The second-order valence-corrected chi connectivity index (χ2v) is 12.3. The summed E-state index contributed by atoms with van der Waals surface area (Å²) in [6.45, 7) is 12.1. The summed E-state index contributed by atoms with van der Waals surface area (Å²) in [6, 6.07) is -4.53. The van der Waals surface area contributed by atoms with E-state index in [-0.39, 0.29) is 24.2 Å². The van der Waals surface area contributed by atoms with E-state index in [0.717, 1.165) is 0 Å². The molecule has 0 radical (unpaired) electrons. The molecule has 0 aromatic heterocycles. The van der Waals surface area contributed by atoms with Crippen molar-refractivity contribution in [2.75, 3.05) is 13.1 Å². The summed E-state index contributed by atoms with van der Waals surface area (Å²) in [6.07, 6.45) is 3.84. The molecule has 244 valence electrons. The SMILES string of the molecule is CC(C)C[C@@H](N)C(=O)N[C@H](CCCCN)C(=O)N[C@H](CCCCN)C(=O)N[C@@H](C(=O)N[C@H](CC(C)C)C(N)=O)C(C)C. The zero-order chi connectivity index (χ0) is 32.4. The molecular formula is C29H58N8O5. The largest absolute Gasteiger partial charge is 0.368 e. The van der Waals surface area contributed by atoms with Gasteiger partial charge in [0.1, 0.15) is 24.2 Å². The van der Waals surface area contributed by atoms with Crippen LogP contribution in [0.1, 0.15) is 92.9 Å². The maximum absolute atomic E-state index is 13.5. The molecule has 13 nitrogen and oxygen atoms in total. The number of carbonyl (C=O) groups excluding carboxylic acids is 5. The van der Waals surface area contributed by atoms with Crippen LogP contribution in [0.3, 0.4) is 0 Å². The van der Waals surface area contributed by atoms with E-state index in [0.29, 0.717) is 58.0 Å². The monoisotopic (exact) mass is 598 g/mol. The van der Waals surface area contributed by atoms with Gasteiger partial charge in [0, 0.05) is 0 Å². The topological polar surface area (TPSA) is 238 Å². The van der Waals surface area contributed by atoms with Crippen LogP contribution in [0.5, 0.6) is 0 Å². The molecule has 13 heteroatoms. The van der Waals surface area contributed by atoms with Crippen LogP contribution >= 0.6 is 0 Å². The van der Waals surface area contributed by atoms with E-state index in [1.54, 1.807) is 13.8 Å². The quantitative estimate of drug-likeness (QED) is 0.0771. The molecule has 0 rings (SSSR count). The van der Waals surface area contributed by atoms with Gasteiger partial charge in [-0.25, -0.2) is 0 Å². The van der Waals surface area contributed by atoms with Crippen LogP contribution in [0, 0.1) is 17.8 Å². The number of amides is 5. The summed E-state index contributed by atoms with van der Waals surface area (Å²) in [5, 5.41) is 10.9. The fourth-order valence-electron chi connectivity index (χ4n) is 4.46. The third-order valence-electron chi connectivity index (χ3n) is 6.84. The lowest BCUT2D eigenvalue weighted by atomic mass is 9.99. The molecule has 5 atom stereocenters. The second kappa shape index (κ2) is 21.0. The molecule has 0 aromatic rings. The number of primary amides is 1. The molecule has 12 N–H and O–H groups in total. The van der Waals surface area contributed by atoms with Gasteiger partial charge in [0.05, 0.1) is 6.04 Å². The third-order valence-corrected chi connectivity index (χ3v) is 6.84. The van der Waals surface area contributed by atoms with E-state index in [9.17, 15) is 24.0 Å². The molecule has 0 aliphatic rings. The maximum atomic E-state index is 13.5.